The predicted molar refractivity (Wildman–Crippen MR) is 69.5 cm³/mol. The van der Waals surface area contributed by atoms with E-state index >= 15 is 0 Å². The van der Waals surface area contributed by atoms with E-state index in [1.54, 1.807) is 22.6 Å². The van der Waals surface area contributed by atoms with Crippen molar-refractivity contribution < 1.29 is 8.42 Å². The third-order valence-electron chi connectivity index (χ3n) is 3.04. The number of aromatic nitrogens is 1. The second kappa shape index (κ2) is 5.04. The first-order valence-electron chi connectivity index (χ1n) is 5.56. The van der Waals surface area contributed by atoms with Gasteiger partial charge in [0.05, 0.1) is 0 Å². The monoisotopic (exact) mass is 318 g/mol. The molecule has 2 heterocycles. The van der Waals surface area contributed by atoms with Crippen molar-refractivity contribution in [2.45, 2.75) is 23.1 Å². The Morgan fingerprint density at radius 2 is 2.29 bits per heavy atom. The molecule has 2 rings (SSSR count). The van der Waals surface area contributed by atoms with E-state index in [1.165, 1.54) is 6.20 Å². The van der Waals surface area contributed by atoms with Gasteiger partial charge in [-0.15, -0.1) is 0 Å². The SMILES string of the molecule is CC1CN(S(=O)(=O)c2cccnc2)CCC1Br. The van der Waals surface area contributed by atoms with Crippen molar-refractivity contribution in [1.29, 1.82) is 0 Å². The van der Waals surface area contributed by atoms with E-state index in [0.29, 0.717) is 23.8 Å². The summed E-state index contributed by atoms with van der Waals surface area (Å²) in [6.45, 7) is 3.19. The Hall–Kier alpha value is -0.460. The highest BCUT2D eigenvalue weighted by Crippen LogP contribution is 2.27. The van der Waals surface area contributed by atoms with Gasteiger partial charge in [0.15, 0.2) is 0 Å². The molecule has 1 saturated heterocycles. The van der Waals surface area contributed by atoms with Crippen LogP contribution in [0.4, 0.5) is 0 Å². The molecule has 0 saturated carbocycles. The fourth-order valence-electron chi connectivity index (χ4n) is 1.95. The van der Waals surface area contributed by atoms with Crippen LogP contribution in [0.25, 0.3) is 0 Å². The quantitative estimate of drug-likeness (QED) is 0.782. The van der Waals surface area contributed by atoms with Gasteiger partial charge in [-0.1, -0.05) is 22.9 Å². The minimum Gasteiger partial charge on any atom is -0.263 e. The number of halogens is 1. The number of hydrogen-bond donors (Lipinski definition) is 0. The summed E-state index contributed by atoms with van der Waals surface area (Å²) in [5.41, 5.74) is 0. The van der Waals surface area contributed by atoms with Crippen LogP contribution in [0.3, 0.4) is 0 Å². The minimum absolute atomic E-state index is 0.278. The third-order valence-corrected chi connectivity index (χ3v) is 6.24. The second-order valence-corrected chi connectivity index (χ2v) is 7.45. The van der Waals surface area contributed by atoms with Crippen LogP contribution < -0.4 is 0 Å². The van der Waals surface area contributed by atoms with Gasteiger partial charge in [-0.05, 0) is 24.5 Å². The van der Waals surface area contributed by atoms with E-state index in [2.05, 4.69) is 27.8 Å². The van der Waals surface area contributed by atoms with Gasteiger partial charge in [0, 0.05) is 30.3 Å². The number of alkyl halides is 1. The third kappa shape index (κ3) is 2.69. The van der Waals surface area contributed by atoms with Crippen LogP contribution in [0.15, 0.2) is 29.4 Å². The summed E-state index contributed by atoms with van der Waals surface area (Å²) in [4.78, 5) is 4.55. The number of piperidine rings is 1. The fourth-order valence-corrected chi connectivity index (χ4v) is 3.84. The lowest BCUT2D eigenvalue weighted by Gasteiger charge is -2.33. The maximum Gasteiger partial charge on any atom is 0.244 e. The average Bonchev–Trinajstić information content (AvgIpc) is 2.33. The summed E-state index contributed by atoms with van der Waals surface area (Å²) in [5, 5.41) is 0. The minimum atomic E-state index is -3.37. The number of sulfonamides is 1. The average molecular weight is 319 g/mol. The molecule has 2 atom stereocenters. The normalized spacial score (nSPS) is 26.9. The van der Waals surface area contributed by atoms with Gasteiger partial charge >= 0.3 is 0 Å². The summed E-state index contributed by atoms with van der Waals surface area (Å²) in [5.74, 6) is 0.329. The smallest absolute Gasteiger partial charge is 0.244 e. The maximum absolute atomic E-state index is 12.3. The van der Waals surface area contributed by atoms with Crippen molar-refractivity contribution in [2.75, 3.05) is 13.1 Å². The molecule has 6 heteroatoms. The molecule has 2 unspecified atom stereocenters. The summed E-state index contributed by atoms with van der Waals surface area (Å²) < 4.78 is 26.2. The Labute approximate surface area is 110 Å². The summed E-state index contributed by atoms with van der Waals surface area (Å²) in [7, 11) is -3.37. The summed E-state index contributed by atoms with van der Waals surface area (Å²) in [6.07, 6.45) is 3.83. The Bertz CT molecular complexity index is 478. The van der Waals surface area contributed by atoms with E-state index in [4.69, 9.17) is 0 Å². The van der Waals surface area contributed by atoms with Gasteiger partial charge in [0.1, 0.15) is 4.90 Å². The molecule has 94 valence electrons. The van der Waals surface area contributed by atoms with Crippen molar-refractivity contribution in [1.82, 2.24) is 9.29 Å². The highest BCUT2D eigenvalue weighted by Gasteiger charge is 2.32. The molecular weight excluding hydrogens is 304 g/mol. The van der Waals surface area contributed by atoms with E-state index in [9.17, 15) is 8.42 Å². The lowest BCUT2D eigenvalue weighted by molar-refractivity contribution is 0.291. The Morgan fingerprint density at radius 1 is 1.53 bits per heavy atom. The van der Waals surface area contributed by atoms with Gasteiger partial charge in [-0.25, -0.2) is 8.42 Å². The first kappa shape index (κ1) is 13.0. The van der Waals surface area contributed by atoms with Crippen LogP contribution in [-0.4, -0.2) is 35.6 Å². The molecule has 0 aliphatic carbocycles. The van der Waals surface area contributed by atoms with Crippen LogP contribution in [0.2, 0.25) is 0 Å². The van der Waals surface area contributed by atoms with Crippen LogP contribution in [0.5, 0.6) is 0 Å². The topological polar surface area (TPSA) is 50.3 Å². The molecule has 1 aromatic rings. The zero-order valence-electron chi connectivity index (χ0n) is 9.58. The Kier molecular flexibility index (Phi) is 3.85. The van der Waals surface area contributed by atoms with E-state index in [-0.39, 0.29) is 4.90 Å². The molecule has 0 bridgehead atoms. The van der Waals surface area contributed by atoms with Crippen molar-refractivity contribution in [3.63, 3.8) is 0 Å². The molecule has 1 aromatic heterocycles. The second-order valence-electron chi connectivity index (χ2n) is 4.33. The van der Waals surface area contributed by atoms with Crippen molar-refractivity contribution in [3.05, 3.63) is 24.5 Å². The number of nitrogens with zero attached hydrogens (tertiary/aromatic N) is 2. The van der Waals surface area contributed by atoms with Crippen molar-refractivity contribution in [2.24, 2.45) is 5.92 Å². The number of pyridine rings is 1. The molecule has 1 fully saturated rings. The van der Waals surface area contributed by atoms with E-state index in [1.807, 2.05) is 0 Å². The molecule has 4 nitrogen and oxygen atoms in total. The summed E-state index contributed by atoms with van der Waals surface area (Å²) >= 11 is 3.57. The van der Waals surface area contributed by atoms with Gasteiger partial charge in [0.25, 0.3) is 0 Å². The molecule has 0 N–H and O–H groups in total. The van der Waals surface area contributed by atoms with Gasteiger partial charge < -0.3 is 0 Å². The molecule has 0 aromatic carbocycles. The van der Waals surface area contributed by atoms with Gasteiger partial charge in [0.2, 0.25) is 10.0 Å². The van der Waals surface area contributed by atoms with Gasteiger partial charge in [-0.3, -0.25) is 4.98 Å². The maximum atomic E-state index is 12.3. The van der Waals surface area contributed by atoms with E-state index < -0.39 is 10.0 Å². The van der Waals surface area contributed by atoms with Gasteiger partial charge in [-0.2, -0.15) is 4.31 Å². The highest BCUT2D eigenvalue weighted by atomic mass is 79.9. The van der Waals surface area contributed by atoms with Crippen LogP contribution in [0, 0.1) is 5.92 Å². The van der Waals surface area contributed by atoms with Crippen LogP contribution in [-0.2, 0) is 10.0 Å². The predicted octanol–water partition coefficient (Wildman–Crippen LogP) is 1.88. The lowest BCUT2D eigenvalue weighted by atomic mass is 10.0. The van der Waals surface area contributed by atoms with Crippen molar-refractivity contribution in [3.8, 4) is 0 Å². The number of rotatable bonds is 2. The highest BCUT2D eigenvalue weighted by molar-refractivity contribution is 9.09. The first-order valence-corrected chi connectivity index (χ1v) is 7.91. The summed E-state index contributed by atoms with van der Waals surface area (Å²) in [6, 6.07) is 3.24. The molecule has 1 aliphatic rings. The molecule has 0 amide bonds. The zero-order chi connectivity index (χ0) is 12.5. The Balaban J connectivity index is 2.23. The first-order chi connectivity index (χ1) is 8.01. The fraction of sp³-hybridized carbons (Fsp3) is 0.545. The van der Waals surface area contributed by atoms with E-state index in [0.717, 1.165) is 6.42 Å². The number of hydrogen-bond acceptors (Lipinski definition) is 3. The Morgan fingerprint density at radius 3 is 2.88 bits per heavy atom. The molecular formula is C11H15BrN2O2S. The molecule has 1 aliphatic heterocycles. The zero-order valence-corrected chi connectivity index (χ0v) is 12.0. The van der Waals surface area contributed by atoms with Crippen molar-refractivity contribution >= 4 is 26.0 Å². The largest absolute Gasteiger partial charge is 0.263 e. The van der Waals surface area contributed by atoms with Crippen LogP contribution in [0.1, 0.15) is 13.3 Å². The molecule has 17 heavy (non-hydrogen) atoms. The molecule has 0 spiro atoms. The lowest BCUT2D eigenvalue weighted by Crippen LogP contribution is -2.43. The van der Waals surface area contributed by atoms with Crippen LogP contribution >= 0.6 is 15.9 Å². The molecule has 0 radical (unpaired) electrons. The standard InChI is InChI=1S/C11H15BrN2O2S/c1-9-8-14(6-4-11(9)12)17(15,16)10-3-2-5-13-7-10/h2-3,5,7,9,11H,4,6,8H2,1H3.